The summed E-state index contributed by atoms with van der Waals surface area (Å²) in [6.45, 7) is 1.60. The zero-order chi connectivity index (χ0) is 15.0. The minimum Gasteiger partial charge on any atom is -0.292 e. The highest BCUT2D eigenvalue weighted by molar-refractivity contribution is 5.81. The minimum absolute atomic E-state index is 0.360. The normalized spacial score (nSPS) is 11.1. The van der Waals surface area contributed by atoms with Crippen LogP contribution in [0.1, 0.15) is 11.3 Å². The van der Waals surface area contributed by atoms with E-state index in [4.69, 9.17) is 9.78 Å². The van der Waals surface area contributed by atoms with Crippen molar-refractivity contribution in [2.45, 2.75) is 13.0 Å². The van der Waals surface area contributed by atoms with Crippen LogP contribution in [0.4, 0.5) is 0 Å². The van der Waals surface area contributed by atoms with Crippen LogP contribution in [-0.2, 0) is 22.8 Å². The van der Waals surface area contributed by atoms with E-state index in [-0.39, 0.29) is 0 Å². The molecule has 3 aromatic rings. The fourth-order valence-electron chi connectivity index (χ4n) is 2.26. The van der Waals surface area contributed by atoms with Gasteiger partial charge in [-0.2, -0.15) is 5.10 Å². The van der Waals surface area contributed by atoms with Gasteiger partial charge in [0.1, 0.15) is 13.3 Å². The van der Waals surface area contributed by atoms with Crippen LogP contribution in [0.5, 0.6) is 0 Å². The maximum Gasteiger partial charge on any atom is 0.133 e. The number of benzene rings is 2. The second kappa shape index (κ2) is 7.70. The van der Waals surface area contributed by atoms with Gasteiger partial charge in [0.2, 0.25) is 0 Å². The quantitative estimate of drug-likeness (QED) is 0.290. The second-order valence-corrected chi connectivity index (χ2v) is 4.98. The number of para-hydroxylation sites is 1. The molecular weight excluding hydrogens is 278 g/mol. The number of aromatic amines is 1. The van der Waals surface area contributed by atoms with Gasteiger partial charge in [-0.15, -0.1) is 0 Å². The SMILES string of the molecule is c1ccc(COOCNCCc2[nH]nc3ccccc23)cc1. The first-order valence-electron chi connectivity index (χ1n) is 7.34. The first-order chi connectivity index (χ1) is 10.9. The predicted molar refractivity (Wildman–Crippen MR) is 85.0 cm³/mol. The molecule has 5 nitrogen and oxygen atoms in total. The van der Waals surface area contributed by atoms with Crippen LogP contribution < -0.4 is 5.32 Å². The maximum atomic E-state index is 5.14. The van der Waals surface area contributed by atoms with Crippen molar-refractivity contribution < 1.29 is 9.78 Å². The van der Waals surface area contributed by atoms with E-state index in [0.29, 0.717) is 13.3 Å². The van der Waals surface area contributed by atoms with Gasteiger partial charge in [-0.3, -0.25) is 10.4 Å². The molecule has 0 aliphatic heterocycles. The summed E-state index contributed by atoms with van der Waals surface area (Å²) in [6, 6.07) is 18.0. The Morgan fingerprint density at radius 1 is 0.955 bits per heavy atom. The van der Waals surface area contributed by atoms with Crippen LogP contribution in [0.3, 0.4) is 0 Å². The average molecular weight is 297 g/mol. The molecule has 22 heavy (non-hydrogen) atoms. The Hall–Kier alpha value is -2.21. The number of nitrogens with zero attached hydrogens (tertiary/aromatic N) is 1. The lowest BCUT2D eigenvalue weighted by Crippen LogP contribution is -2.21. The predicted octanol–water partition coefficient (Wildman–Crippen LogP) is 2.80. The van der Waals surface area contributed by atoms with E-state index in [1.165, 1.54) is 5.39 Å². The number of hydrogen-bond donors (Lipinski definition) is 2. The van der Waals surface area contributed by atoms with Crippen molar-refractivity contribution in [2.24, 2.45) is 0 Å². The molecule has 0 aliphatic carbocycles. The lowest BCUT2D eigenvalue weighted by Gasteiger charge is -2.05. The summed E-state index contributed by atoms with van der Waals surface area (Å²) in [7, 11) is 0. The van der Waals surface area contributed by atoms with Crippen molar-refractivity contribution in [3.63, 3.8) is 0 Å². The van der Waals surface area contributed by atoms with Gasteiger partial charge >= 0.3 is 0 Å². The Morgan fingerprint density at radius 3 is 2.68 bits per heavy atom. The molecule has 5 heteroatoms. The maximum absolute atomic E-state index is 5.14. The van der Waals surface area contributed by atoms with E-state index in [2.05, 4.69) is 21.6 Å². The average Bonchev–Trinajstić information content (AvgIpc) is 2.98. The monoisotopic (exact) mass is 297 g/mol. The second-order valence-electron chi connectivity index (χ2n) is 4.98. The molecule has 0 aliphatic rings. The fraction of sp³-hybridized carbons (Fsp3) is 0.235. The molecule has 0 bridgehead atoms. The number of rotatable bonds is 8. The largest absolute Gasteiger partial charge is 0.292 e. The standard InChI is InChI=1S/C17H19N3O2/c1-2-6-14(7-3-1)12-21-22-13-18-11-10-17-15-8-4-5-9-16(15)19-20-17/h1-9,18H,10-13H2,(H,19,20). The summed E-state index contributed by atoms with van der Waals surface area (Å²) < 4.78 is 0. The van der Waals surface area contributed by atoms with Crippen molar-refractivity contribution in [2.75, 3.05) is 13.3 Å². The Bertz CT molecular complexity index is 697. The molecule has 0 unspecified atom stereocenters. The summed E-state index contributed by atoms with van der Waals surface area (Å²) >= 11 is 0. The van der Waals surface area contributed by atoms with Gasteiger partial charge < -0.3 is 0 Å². The van der Waals surface area contributed by atoms with Gasteiger partial charge in [-0.1, -0.05) is 48.5 Å². The van der Waals surface area contributed by atoms with Crippen molar-refractivity contribution in [3.05, 3.63) is 65.9 Å². The third kappa shape index (κ3) is 3.92. The van der Waals surface area contributed by atoms with Gasteiger partial charge in [-0.05, 0) is 11.6 Å². The summed E-state index contributed by atoms with van der Waals surface area (Å²) in [5.74, 6) is 0. The van der Waals surface area contributed by atoms with Crippen LogP contribution in [0, 0.1) is 0 Å². The Balaban J connectivity index is 1.32. The fourth-order valence-corrected chi connectivity index (χ4v) is 2.26. The molecular formula is C17H19N3O2. The topological polar surface area (TPSA) is 59.2 Å². The van der Waals surface area contributed by atoms with E-state index >= 15 is 0 Å². The van der Waals surface area contributed by atoms with Crippen molar-refractivity contribution >= 4 is 10.9 Å². The van der Waals surface area contributed by atoms with E-state index in [0.717, 1.165) is 29.7 Å². The molecule has 0 fully saturated rings. The van der Waals surface area contributed by atoms with Crippen LogP contribution >= 0.6 is 0 Å². The van der Waals surface area contributed by atoms with E-state index < -0.39 is 0 Å². The summed E-state index contributed by atoms with van der Waals surface area (Å²) in [5.41, 5.74) is 3.22. The molecule has 114 valence electrons. The number of H-pyrrole nitrogens is 1. The van der Waals surface area contributed by atoms with E-state index in [1.807, 2.05) is 48.5 Å². The third-order valence-electron chi connectivity index (χ3n) is 3.40. The van der Waals surface area contributed by atoms with E-state index in [9.17, 15) is 0 Å². The lowest BCUT2D eigenvalue weighted by molar-refractivity contribution is -0.307. The molecule has 0 atom stereocenters. The van der Waals surface area contributed by atoms with Gasteiger partial charge in [-0.25, -0.2) is 9.78 Å². The minimum atomic E-state index is 0.360. The van der Waals surface area contributed by atoms with Crippen LogP contribution in [-0.4, -0.2) is 23.5 Å². The van der Waals surface area contributed by atoms with Gasteiger partial charge in [0, 0.05) is 24.0 Å². The number of nitrogens with one attached hydrogen (secondary N) is 2. The highest BCUT2D eigenvalue weighted by Crippen LogP contribution is 2.14. The number of aromatic nitrogens is 2. The zero-order valence-electron chi connectivity index (χ0n) is 12.3. The van der Waals surface area contributed by atoms with Gasteiger partial charge in [0.05, 0.1) is 5.52 Å². The summed E-state index contributed by atoms with van der Waals surface area (Å²) in [4.78, 5) is 10.3. The smallest absolute Gasteiger partial charge is 0.133 e. The molecule has 2 N–H and O–H groups in total. The third-order valence-corrected chi connectivity index (χ3v) is 3.40. The number of fused-ring (bicyclic) bond motifs is 1. The lowest BCUT2D eigenvalue weighted by atomic mass is 10.2. The Kier molecular flexibility index (Phi) is 5.15. The highest BCUT2D eigenvalue weighted by Gasteiger charge is 2.03. The van der Waals surface area contributed by atoms with Crippen molar-refractivity contribution in [3.8, 4) is 0 Å². The first kappa shape index (κ1) is 14.7. The van der Waals surface area contributed by atoms with Gasteiger partial charge in [0.15, 0.2) is 0 Å². The van der Waals surface area contributed by atoms with Crippen LogP contribution in [0.25, 0.3) is 10.9 Å². The van der Waals surface area contributed by atoms with Gasteiger partial charge in [0.25, 0.3) is 0 Å². The van der Waals surface area contributed by atoms with Crippen LogP contribution in [0.15, 0.2) is 54.6 Å². The molecule has 0 radical (unpaired) electrons. The van der Waals surface area contributed by atoms with E-state index in [1.54, 1.807) is 0 Å². The van der Waals surface area contributed by atoms with Crippen molar-refractivity contribution in [1.29, 1.82) is 0 Å². The summed E-state index contributed by atoms with van der Waals surface area (Å²) in [5, 5.41) is 11.7. The molecule has 1 heterocycles. The molecule has 2 aromatic carbocycles. The van der Waals surface area contributed by atoms with Crippen LogP contribution in [0.2, 0.25) is 0 Å². The molecule has 0 spiro atoms. The Morgan fingerprint density at radius 2 is 1.77 bits per heavy atom. The Labute approximate surface area is 129 Å². The molecule has 0 saturated carbocycles. The summed E-state index contributed by atoms with van der Waals surface area (Å²) in [6.07, 6.45) is 0.864. The number of hydrogen-bond acceptors (Lipinski definition) is 4. The first-order valence-corrected chi connectivity index (χ1v) is 7.34. The highest BCUT2D eigenvalue weighted by atomic mass is 17.2. The van der Waals surface area contributed by atoms with Crippen molar-refractivity contribution in [1.82, 2.24) is 15.5 Å². The molecule has 0 saturated heterocycles. The molecule has 3 rings (SSSR count). The molecule has 0 amide bonds. The molecule has 1 aromatic heterocycles. The zero-order valence-corrected chi connectivity index (χ0v) is 12.3.